The van der Waals surface area contributed by atoms with Gasteiger partial charge in [0.2, 0.25) is 21.8 Å². The zero-order valence-corrected chi connectivity index (χ0v) is 20.0. The van der Waals surface area contributed by atoms with Gasteiger partial charge < -0.3 is 10.2 Å². The molecule has 33 heavy (non-hydrogen) atoms. The summed E-state index contributed by atoms with van der Waals surface area (Å²) in [6.45, 7) is 4.15. The number of terminal acetylenes is 1. The average Bonchev–Trinajstić information content (AvgIpc) is 2.78. The van der Waals surface area contributed by atoms with E-state index in [9.17, 15) is 18.0 Å². The van der Waals surface area contributed by atoms with Crippen molar-refractivity contribution in [3.05, 3.63) is 59.2 Å². The molecule has 0 atom stereocenters. The second-order valence-corrected chi connectivity index (χ2v) is 10.3. The smallest absolute Gasteiger partial charge is 0.243 e. The molecule has 1 N–H and O–H groups in total. The lowest BCUT2D eigenvalue weighted by molar-refractivity contribution is -0.138. The van der Waals surface area contributed by atoms with Crippen LogP contribution in [0.1, 0.15) is 29.5 Å². The highest BCUT2D eigenvalue weighted by Crippen LogP contribution is 2.27. The quantitative estimate of drug-likeness (QED) is 0.662. The summed E-state index contributed by atoms with van der Waals surface area (Å²) in [5.74, 6) is 1.70. The van der Waals surface area contributed by atoms with E-state index in [1.165, 1.54) is 9.21 Å². The van der Waals surface area contributed by atoms with Crippen LogP contribution < -0.4 is 5.32 Å². The van der Waals surface area contributed by atoms with Gasteiger partial charge in [-0.05, 0) is 56.5 Å². The van der Waals surface area contributed by atoms with Gasteiger partial charge >= 0.3 is 0 Å². The fourth-order valence-corrected chi connectivity index (χ4v) is 5.74. The molecule has 0 unspecified atom stereocenters. The van der Waals surface area contributed by atoms with Crippen LogP contribution in [0.15, 0.2) is 47.4 Å². The largest absolute Gasteiger partial charge is 0.336 e. The summed E-state index contributed by atoms with van der Waals surface area (Å²) in [5.41, 5.74) is 2.94. The third-order valence-electron chi connectivity index (χ3n) is 5.82. The molecule has 0 radical (unpaired) electrons. The zero-order chi connectivity index (χ0) is 24.2. The molecule has 2 aromatic rings. The van der Waals surface area contributed by atoms with Crippen molar-refractivity contribution >= 4 is 27.5 Å². The van der Waals surface area contributed by atoms with E-state index >= 15 is 0 Å². The molecule has 0 saturated carbocycles. The first-order valence-corrected chi connectivity index (χ1v) is 12.2. The molecule has 1 aliphatic rings. The van der Waals surface area contributed by atoms with Gasteiger partial charge in [-0.1, -0.05) is 29.7 Å². The number of piperidine rings is 1. The molecule has 174 valence electrons. The van der Waals surface area contributed by atoms with E-state index in [1.807, 2.05) is 13.0 Å². The number of amides is 2. The maximum Gasteiger partial charge on any atom is 0.243 e. The highest BCUT2D eigenvalue weighted by atomic mass is 32.2. The molecule has 0 spiro atoms. The molecule has 1 saturated heterocycles. The Hall–Kier alpha value is -3.15. The third-order valence-corrected chi connectivity index (χ3v) is 7.88. The van der Waals surface area contributed by atoms with Crippen molar-refractivity contribution in [1.82, 2.24) is 9.21 Å². The molecular weight excluding hydrogens is 438 g/mol. The highest BCUT2D eigenvalue weighted by molar-refractivity contribution is 7.89. The fourth-order valence-electron chi connectivity index (χ4n) is 4.06. The molecule has 7 nitrogen and oxygen atoms in total. The van der Waals surface area contributed by atoms with E-state index in [4.69, 9.17) is 6.42 Å². The maximum atomic E-state index is 13.1. The number of rotatable bonds is 6. The minimum absolute atomic E-state index is 0.0970. The number of carbonyl (C=O) groups excluding carboxylic acids is 2. The van der Waals surface area contributed by atoms with Crippen LogP contribution in [0.2, 0.25) is 0 Å². The molecule has 0 bridgehead atoms. The Morgan fingerprint density at radius 1 is 1.15 bits per heavy atom. The van der Waals surface area contributed by atoms with Gasteiger partial charge in [-0.25, -0.2) is 8.42 Å². The summed E-state index contributed by atoms with van der Waals surface area (Å²) in [6, 6.07) is 12.2. The number of anilines is 1. The number of nitrogens with one attached hydrogen (secondary N) is 1. The van der Waals surface area contributed by atoms with E-state index in [1.54, 1.807) is 50.4 Å². The normalized spacial score (nSPS) is 15.0. The molecule has 0 aromatic heterocycles. The van der Waals surface area contributed by atoms with E-state index < -0.39 is 10.0 Å². The van der Waals surface area contributed by atoms with Crippen molar-refractivity contribution in [2.75, 3.05) is 32.0 Å². The van der Waals surface area contributed by atoms with E-state index in [-0.39, 0.29) is 37.4 Å². The molecule has 8 heteroatoms. The number of hydrogen-bond acceptors (Lipinski definition) is 4. The second-order valence-electron chi connectivity index (χ2n) is 8.41. The lowest BCUT2D eigenvalue weighted by atomic mass is 9.96. The van der Waals surface area contributed by atoms with Crippen LogP contribution in [-0.4, -0.2) is 56.1 Å². The molecule has 1 fully saturated rings. The van der Waals surface area contributed by atoms with Crippen molar-refractivity contribution in [3.8, 4) is 12.3 Å². The van der Waals surface area contributed by atoms with Gasteiger partial charge in [0, 0.05) is 37.3 Å². The number of likely N-dealkylation sites (N-methyl/N-ethyl adjacent to an activating group) is 1. The van der Waals surface area contributed by atoms with Crippen molar-refractivity contribution in [2.45, 2.75) is 31.6 Å². The van der Waals surface area contributed by atoms with Crippen molar-refractivity contribution < 1.29 is 18.0 Å². The van der Waals surface area contributed by atoms with E-state index in [0.717, 1.165) is 5.56 Å². The van der Waals surface area contributed by atoms with Crippen molar-refractivity contribution in [1.29, 1.82) is 0 Å². The van der Waals surface area contributed by atoms with Crippen molar-refractivity contribution in [3.63, 3.8) is 0 Å². The van der Waals surface area contributed by atoms with Gasteiger partial charge in [0.25, 0.3) is 0 Å². The first kappa shape index (κ1) is 24.5. The Balaban J connectivity index is 1.56. The average molecular weight is 468 g/mol. The van der Waals surface area contributed by atoms with E-state index in [0.29, 0.717) is 34.6 Å². The molecule has 0 aliphatic carbocycles. The van der Waals surface area contributed by atoms with Crippen LogP contribution >= 0.6 is 0 Å². The van der Waals surface area contributed by atoms with Crippen LogP contribution in [0, 0.1) is 32.1 Å². The molecule has 1 aliphatic heterocycles. The number of hydrogen-bond donors (Lipinski definition) is 1. The van der Waals surface area contributed by atoms with Gasteiger partial charge in [-0.3, -0.25) is 9.59 Å². The molecule has 1 heterocycles. The first-order chi connectivity index (χ1) is 15.6. The summed E-state index contributed by atoms with van der Waals surface area (Å²) in [7, 11) is -2.03. The van der Waals surface area contributed by atoms with Crippen LogP contribution in [0.5, 0.6) is 0 Å². The number of sulfonamides is 1. The topological polar surface area (TPSA) is 86.8 Å². The molecule has 2 amide bonds. The Kier molecular flexibility index (Phi) is 7.57. The lowest BCUT2D eigenvalue weighted by Gasteiger charge is -2.32. The van der Waals surface area contributed by atoms with Crippen molar-refractivity contribution in [2.24, 2.45) is 5.92 Å². The summed E-state index contributed by atoms with van der Waals surface area (Å²) in [5, 5.41) is 2.74. The number of aryl methyl sites for hydroxylation is 2. The van der Waals surface area contributed by atoms with Gasteiger partial charge in [-0.2, -0.15) is 4.31 Å². The molecule has 2 aromatic carbocycles. The lowest BCUT2D eigenvalue weighted by Crippen LogP contribution is -2.45. The van der Waals surface area contributed by atoms with Crippen LogP contribution in [0.3, 0.4) is 0 Å². The summed E-state index contributed by atoms with van der Waals surface area (Å²) in [4.78, 5) is 26.9. The van der Waals surface area contributed by atoms with Crippen LogP contribution in [0.4, 0.5) is 5.69 Å². The van der Waals surface area contributed by atoms with Crippen LogP contribution in [-0.2, 0) is 19.6 Å². The standard InChI is InChI=1S/C25H29N3O4S/c1-5-20-7-6-8-22(16-20)26-24(29)17-27(4)25(30)21-11-13-28(14-12-21)33(31,32)23-10-9-18(2)15-19(23)3/h1,6-10,15-16,21H,11-14,17H2,2-4H3,(H,26,29). The number of carbonyl (C=O) groups is 2. The zero-order valence-electron chi connectivity index (χ0n) is 19.2. The van der Waals surface area contributed by atoms with Gasteiger partial charge in [0.05, 0.1) is 11.4 Å². The Labute approximate surface area is 195 Å². The Morgan fingerprint density at radius 3 is 2.48 bits per heavy atom. The first-order valence-electron chi connectivity index (χ1n) is 10.8. The number of benzene rings is 2. The monoisotopic (exact) mass is 467 g/mol. The minimum atomic E-state index is -3.61. The predicted molar refractivity (Wildman–Crippen MR) is 128 cm³/mol. The van der Waals surface area contributed by atoms with Crippen LogP contribution in [0.25, 0.3) is 0 Å². The Morgan fingerprint density at radius 2 is 1.85 bits per heavy atom. The minimum Gasteiger partial charge on any atom is -0.336 e. The fraction of sp³-hybridized carbons (Fsp3) is 0.360. The summed E-state index contributed by atoms with van der Waals surface area (Å²) >= 11 is 0. The van der Waals surface area contributed by atoms with Gasteiger partial charge in [0.1, 0.15) is 0 Å². The summed E-state index contributed by atoms with van der Waals surface area (Å²) in [6.07, 6.45) is 6.21. The third kappa shape index (κ3) is 5.81. The highest BCUT2D eigenvalue weighted by Gasteiger charge is 2.34. The maximum absolute atomic E-state index is 13.1. The molecule has 3 rings (SSSR count). The second kappa shape index (κ2) is 10.2. The SMILES string of the molecule is C#Cc1cccc(NC(=O)CN(C)C(=O)C2CCN(S(=O)(=O)c3ccc(C)cc3C)CC2)c1. The number of nitrogens with zero attached hydrogens (tertiary/aromatic N) is 2. The van der Waals surface area contributed by atoms with Gasteiger partial charge in [-0.15, -0.1) is 6.42 Å². The Bertz CT molecular complexity index is 1190. The molecular formula is C25H29N3O4S. The predicted octanol–water partition coefficient (Wildman–Crippen LogP) is 2.78. The van der Waals surface area contributed by atoms with Gasteiger partial charge in [0.15, 0.2) is 0 Å². The van der Waals surface area contributed by atoms with E-state index in [2.05, 4.69) is 11.2 Å². The summed E-state index contributed by atoms with van der Waals surface area (Å²) < 4.78 is 27.6.